The number of hydrogen-bond acceptors (Lipinski definition) is 5. The fourth-order valence-electron chi connectivity index (χ4n) is 5.41. The van der Waals surface area contributed by atoms with Crippen LogP contribution in [0.5, 0.6) is 0 Å². The van der Waals surface area contributed by atoms with Crippen LogP contribution < -0.4 is 10.6 Å². The number of aromatic nitrogens is 1. The molecule has 2 bridgehead atoms. The maximum Gasteiger partial charge on any atom is 0.417 e. The second-order valence-corrected chi connectivity index (χ2v) is 10.6. The standard InChI is InChI=1S/C20H27F3N4O2S/c1-18(2)13-3-4-19(18,16(28)10-13)12-30(29)27-7-5-26(6-8-27)17-15(24)9-14(11-25-17)20(21,22)23/h9,11,13H,3-8,10,12,24H2,1-2H3/t13-,19-,30?/m1/s1. The predicted octanol–water partition coefficient (Wildman–Crippen LogP) is 2.86. The van der Waals surface area contributed by atoms with Crippen LogP contribution in [0.4, 0.5) is 24.7 Å². The molecule has 0 radical (unpaired) electrons. The molecule has 2 aliphatic carbocycles. The van der Waals surface area contributed by atoms with Crippen molar-refractivity contribution >= 4 is 28.3 Å². The molecule has 1 aromatic rings. The number of hydrogen-bond donors (Lipinski definition) is 1. The molecule has 30 heavy (non-hydrogen) atoms. The molecule has 3 fully saturated rings. The van der Waals surface area contributed by atoms with Crippen molar-refractivity contribution in [3.8, 4) is 0 Å². The second-order valence-electron chi connectivity index (χ2n) is 9.18. The summed E-state index contributed by atoms with van der Waals surface area (Å²) >= 11 is 0. The van der Waals surface area contributed by atoms with E-state index in [0.717, 1.165) is 25.1 Å². The molecule has 1 aliphatic heterocycles. The van der Waals surface area contributed by atoms with Crippen molar-refractivity contribution in [2.24, 2.45) is 16.7 Å². The SMILES string of the molecule is CC1(C)[C@@H]2CC[C@@]1(CS(=O)N1CCN(c3ncc(C(F)(F)F)cc3N)CC1)C(=O)C2. The van der Waals surface area contributed by atoms with Crippen LogP contribution in [-0.4, -0.2) is 51.2 Å². The van der Waals surface area contributed by atoms with Crippen LogP contribution in [0.3, 0.4) is 0 Å². The summed E-state index contributed by atoms with van der Waals surface area (Å²) in [5, 5.41) is 0. The van der Waals surface area contributed by atoms with Gasteiger partial charge in [0.05, 0.1) is 28.0 Å². The summed E-state index contributed by atoms with van der Waals surface area (Å²) in [6.45, 7) is 6.13. The van der Waals surface area contributed by atoms with Crippen molar-refractivity contribution in [3.63, 3.8) is 0 Å². The van der Waals surface area contributed by atoms with Gasteiger partial charge in [-0.3, -0.25) is 4.79 Å². The van der Waals surface area contributed by atoms with Gasteiger partial charge in [0.25, 0.3) is 0 Å². The molecule has 3 aliphatic rings. The number of nitrogen functional groups attached to an aromatic ring is 1. The van der Waals surface area contributed by atoms with Crippen molar-refractivity contribution in [2.45, 2.75) is 39.3 Å². The molecule has 1 unspecified atom stereocenters. The molecule has 10 heteroatoms. The number of nitrogens with two attached hydrogens (primary N) is 1. The molecule has 2 N–H and O–H groups in total. The fraction of sp³-hybridized carbons (Fsp3) is 0.700. The van der Waals surface area contributed by atoms with Crippen LogP contribution in [0.15, 0.2) is 12.3 Å². The number of carbonyl (C=O) groups excluding carboxylic acids is 1. The third-order valence-corrected chi connectivity index (χ3v) is 9.24. The van der Waals surface area contributed by atoms with Crippen molar-refractivity contribution < 1.29 is 22.2 Å². The van der Waals surface area contributed by atoms with Gasteiger partial charge in [-0.15, -0.1) is 0 Å². The summed E-state index contributed by atoms with van der Waals surface area (Å²) < 4.78 is 53.5. The molecule has 2 heterocycles. The first-order chi connectivity index (χ1) is 14.0. The van der Waals surface area contributed by atoms with Crippen LogP contribution >= 0.6 is 0 Å². The van der Waals surface area contributed by atoms with Gasteiger partial charge in [0.2, 0.25) is 0 Å². The van der Waals surface area contributed by atoms with Crippen molar-refractivity contribution in [1.82, 2.24) is 9.29 Å². The first-order valence-electron chi connectivity index (χ1n) is 10.2. The summed E-state index contributed by atoms with van der Waals surface area (Å²) in [5.74, 6) is 1.30. The Kier molecular flexibility index (Phi) is 5.16. The maximum absolute atomic E-state index is 13.1. The molecular formula is C20H27F3N4O2S. The first kappa shape index (κ1) is 21.5. The van der Waals surface area contributed by atoms with Crippen LogP contribution in [-0.2, 0) is 22.0 Å². The highest BCUT2D eigenvalue weighted by Gasteiger charge is 2.64. The zero-order valence-corrected chi connectivity index (χ0v) is 18.0. The maximum atomic E-state index is 13.1. The fourth-order valence-corrected chi connectivity index (χ4v) is 7.26. The van der Waals surface area contributed by atoms with E-state index in [4.69, 9.17) is 5.73 Å². The Morgan fingerprint density at radius 3 is 2.43 bits per heavy atom. The number of nitrogens with zero attached hydrogens (tertiary/aromatic N) is 3. The number of Topliss-reactive ketones (excluding diaryl/α,β-unsaturated/α-hetero) is 1. The van der Waals surface area contributed by atoms with Gasteiger partial charge >= 0.3 is 6.18 Å². The van der Waals surface area contributed by atoms with E-state index in [-0.39, 0.29) is 16.9 Å². The first-order valence-corrected chi connectivity index (χ1v) is 11.5. The lowest BCUT2D eigenvalue weighted by atomic mass is 9.70. The minimum Gasteiger partial charge on any atom is -0.396 e. The molecular weight excluding hydrogens is 417 g/mol. The molecule has 1 aromatic heterocycles. The topological polar surface area (TPSA) is 79.5 Å². The Hall–Kier alpha value is -1.68. The Bertz CT molecular complexity index is 883. The number of alkyl halides is 3. The van der Waals surface area contributed by atoms with E-state index < -0.39 is 28.1 Å². The summed E-state index contributed by atoms with van der Waals surface area (Å²) in [6.07, 6.45) is -1.28. The van der Waals surface area contributed by atoms with Gasteiger partial charge in [0.1, 0.15) is 5.78 Å². The summed E-state index contributed by atoms with van der Waals surface area (Å²) in [7, 11) is -1.28. The highest BCUT2D eigenvalue weighted by Crippen LogP contribution is 2.64. The number of pyridine rings is 1. The molecule has 0 spiro atoms. The normalized spacial score (nSPS) is 30.1. The van der Waals surface area contributed by atoms with E-state index in [1.807, 2.05) is 9.21 Å². The zero-order chi connectivity index (χ0) is 21.9. The van der Waals surface area contributed by atoms with Crippen molar-refractivity contribution in [1.29, 1.82) is 0 Å². The predicted molar refractivity (Wildman–Crippen MR) is 109 cm³/mol. The monoisotopic (exact) mass is 444 g/mol. The quantitative estimate of drug-likeness (QED) is 0.773. The van der Waals surface area contributed by atoms with Gasteiger partial charge in [-0.2, -0.15) is 13.2 Å². The number of rotatable bonds is 4. The number of anilines is 2. The van der Waals surface area contributed by atoms with E-state index in [1.165, 1.54) is 0 Å². The number of piperazine rings is 1. The molecule has 4 rings (SSSR count). The third-order valence-electron chi connectivity index (χ3n) is 7.56. The van der Waals surface area contributed by atoms with E-state index >= 15 is 0 Å². The number of halogens is 3. The van der Waals surface area contributed by atoms with Gasteiger partial charge in [-0.1, -0.05) is 13.8 Å². The molecule has 166 valence electrons. The lowest BCUT2D eigenvalue weighted by molar-refractivity contribution is -0.137. The largest absolute Gasteiger partial charge is 0.417 e. The van der Waals surface area contributed by atoms with Gasteiger partial charge in [0.15, 0.2) is 5.82 Å². The minimum absolute atomic E-state index is 0.0198. The van der Waals surface area contributed by atoms with Crippen molar-refractivity contribution in [3.05, 3.63) is 17.8 Å². The Morgan fingerprint density at radius 1 is 1.27 bits per heavy atom. The van der Waals surface area contributed by atoms with E-state index in [2.05, 4.69) is 18.8 Å². The summed E-state index contributed by atoms with van der Waals surface area (Å²) in [5.41, 5.74) is 4.30. The van der Waals surface area contributed by atoms with Crippen LogP contribution in [0.25, 0.3) is 0 Å². The van der Waals surface area contributed by atoms with Crippen LogP contribution in [0.1, 0.15) is 38.7 Å². The number of ketones is 1. The van der Waals surface area contributed by atoms with Gasteiger partial charge in [-0.05, 0) is 30.2 Å². The molecule has 3 atom stereocenters. The van der Waals surface area contributed by atoms with E-state index in [9.17, 15) is 22.2 Å². The Morgan fingerprint density at radius 2 is 1.93 bits per heavy atom. The number of fused-ring (bicyclic) bond motifs is 2. The highest BCUT2D eigenvalue weighted by molar-refractivity contribution is 7.82. The Balaban J connectivity index is 1.40. The molecule has 0 amide bonds. The van der Waals surface area contributed by atoms with Crippen LogP contribution in [0.2, 0.25) is 0 Å². The average molecular weight is 445 g/mol. The summed E-state index contributed by atoms with van der Waals surface area (Å²) in [6, 6.07) is 0.899. The van der Waals surface area contributed by atoms with E-state index in [1.54, 1.807) is 0 Å². The lowest BCUT2D eigenvalue weighted by Crippen LogP contribution is -2.50. The smallest absolute Gasteiger partial charge is 0.396 e. The minimum atomic E-state index is -4.49. The Labute approximate surface area is 176 Å². The van der Waals surface area contributed by atoms with E-state index in [0.29, 0.717) is 50.1 Å². The van der Waals surface area contributed by atoms with Gasteiger partial charge in [0, 0.05) is 44.2 Å². The lowest BCUT2D eigenvalue weighted by Gasteiger charge is -2.39. The van der Waals surface area contributed by atoms with Gasteiger partial charge in [-0.25, -0.2) is 13.5 Å². The molecule has 0 aromatic carbocycles. The average Bonchev–Trinajstić information content (AvgIpc) is 3.02. The highest BCUT2D eigenvalue weighted by atomic mass is 32.2. The third kappa shape index (κ3) is 3.32. The zero-order valence-electron chi connectivity index (χ0n) is 17.2. The van der Waals surface area contributed by atoms with Crippen LogP contribution in [0, 0.1) is 16.7 Å². The molecule has 2 saturated carbocycles. The molecule has 1 saturated heterocycles. The van der Waals surface area contributed by atoms with Gasteiger partial charge < -0.3 is 10.6 Å². The molecule has 6 nitrogen and oxygen atoms in total. The van der Waals surface area contributed by atoms with Crippen molar-refractivity contribution in [2.75, 3.05) is 42.6 Å². The number of carbonyl (C=O) groups is 1. The second kappa shape index (κ2) is 7.19. The summed E-state index contributed by atoms with van der Waals surface area (Å²) in [4.78, 5) is 18.4.